The van der Waals surface area contributed by atoms with Crippen LogP contribution in [0.3, 0.4) is 0 Å². The monoisotopic (exact) mass is 963 g/mol. The standard InChI is InChI=1S/C50H52FN13O4.CH2O2/c51-39-4-7-41(53-29-39)24-47(66)62-21-19-60(20-22-62)45-9-3-35(26-54-45)43-23-36(30-64-49(43)37(25-52)27-56-64)38-28-55-63(31-38)42-13-17-61(18-14-42)48(67)32-59-15-11-34(12-16-59)33-1-5-40(6-2-33)57-44-8-10-46(65)58-50(44)68;2-1-3/h1-7,9,23,26-31,34,42,44,57H,8,10-22,24,32H2,(H,58,65,68);1H,(H,2,3). The van der Waals surface area contributed by atoms with E-state index in [-0.39, 0.29) is 42.6 Å². The molecule has 71 heavy (non-hydrogen) atoms. The van der Waals surface area contributed by atoms with Crippen LogP contribution in [0.25, 0.3) is 27.8 Å². The maximum absolute atomic E-state index is 13.5. The van der Waals surface area contributed by atoms with Crippen molar-refractivity contribution >= 4 is 47.1 Å². The molecular formula is C51H54FN13O6. The molecule has 20 heteroatoms. The predicted octanol–water partition coefficient (Wildman–Crippen LogP) is 4.52. The van der Waals surface area contributed by atoms with Gasteiger partial charge in [-0.3, -0.25) is 43.9 Å². The maximum Gasteiger partial charge on any atom is 0.290 e. The Balaban J connectivity index is 0.00000203. The molecule has 0 spiro atoms. The van der Waals surface area contributed by atoms with Crippen molar-refractivity contribution in [1.29, 1.82) is 5.26 Å². The molecule has 19 nitrogen and oxygen atoms in total. The Morgan fingerprint density at radius 3 is 2.23 bits per heavy atom. The normalized spacial score (nSPS) is 18.1. The molecule has 366 valence electrons. The molecular weight excluding hydrogens is 910 g/mol. The molecule has 9 heterocycles. The molecule has 1 aromatic carbocycles. The molecule has 4 aliphatic heterocycles. The average molecular weight is 964 g/mol. The molecule has 1 unspecified atom stereocenters. The molecule has 3 N–H and O–H groups in total. The zero-order valence-corrected chi connectivity index (χ0v) is 39.1. The van der Waals surface area contributed by atoms with E-state index in [0.29, 0.717) is 81.3 Å². The first-order valence-corrected chi connectivity index (χ1v) is 23.9. The number of hydrogen-bond donors (Lipinski definition) is 3. The molecule has 10 rings (SSSR count). The van der Waals surface area contributed by atoms with Gasteiger partial charge in [-0.15, -0.1) is 0 Å². The number of halogens is 1. The first-order chi connectivity index (χ1) is 34.5. The number of imide groups is 1. The summed E-state index contributed by atoms with van der Waals surface area (Å²) < 4.78 is 17.0. The Hall–Kier alpha value is -8.05. The third-order valence-electron chi connectivity index (χ3n) is 13.9. The van der Waals surface area contributed by atoms with Crippen LogP contribution in [-0.2, 0) is 30.4 Å². The number of piperazine rings is 1. The molecule has 1 atom stereocenters. The summed E-state index contributed by atoms with van der Waals surface area (Å²) >= 11 is 0. The number of anilines is 2. The highest BCUT2D eigenvalue weighted by molar-refractivity contribution is 6.01. The number of hydrogen-bond acceptors (Lipinski definition) is 13. The van der Waals surface area contributed by atoms with Gasteiger partial charge in [-0.2, -0.15) is 15.5 Å². The molecule has 0 aliphatic carbocycles. The van der Waals surface area contributed by atoms with E-state index in [1.807, 2.05) is 52.4 Å². The van der Waals surface area contributed by atoms with E-state index in [1.165, 1.54) is 17.7 Å². The summed E-state index contributed by atoms with van der Waals surface area (Å²) in [5, 5.41) is 31.9. The zero-order valence-electron chi connectivity index (χ0n) is 39.1. The second kappa shape index (κ2) is 21.7. The van der Waals surface area contributed by atoms with E-state index in [1.54, 1.807) is 15.6 Å². The molecule has 4 amide bonds. The SMILES string of the molecule is N#Cc1cnn2cc(-c3cnn(C4CCN(C(=O)CN5CCC(c6ccc(NC7CCC(=O)NC7=O)cc6)CC5)CC4)c3)cc(-c3ccc(N4CCN(C(=O)Cc5ccc(F)cn5)CC4)nc3)c12.O=CO. The van der Waals surface area contributed by atoms with Crippen LogP contribution in [0.15, 0.2) is 91.8 Å². The Morgan fingerprint density at radius 2 is 1.55 bits per heavy atom. The number of nitrogens with one attached hydrogen (secondary N) is 2. The number of pyridine rings is 3. The summed E-state index contributed by atoms with van der Waals surface area (Å²) in [4.78, 5) is 75.5. The van der Waals surface area contributed by atoms with Crippen LogP contribution in [0.4, 0.5) is 15.9 Å². The second-order valence-corrected chi connectivity index (χ2v) is 18.3. The first kappa shape index (κ1) is 48.0. The van der Waals surface area contributed by atoms with Gasteiger partial charge in [0.05, 0.1) is 48.7 Å². The molecule has 5 aromatic heterocycles. The number of carbonyl (C=O) groups is 5. The first-order valence-electron chi connectivity index (χ1n) is 23.9. The van der Waals surface area contributed by atoms with E-state index < -0.39 is 11.9 Å². The van der Waals surface area contributed by atoms with Crippen LogP contribution in [0.2, 0.25) is 0 Å². The number of nitrogens with zero attached hydrogens (tertiary/aromatic N) is 11. The predicted molar refractivity (Wildman–Crippen MR) is 259 cm³/mol. The Labute approximate surface area is 408 Å². The second-order valence-electron chi connectivity index (χ2n) is 18.3. The minimum Gasteiger partial charge on any atom is -0.483 e. The quantitative estimate of drug-likeness (QED) is 0.120. The number of likely N-dealkylation sites (tertiary alicyclic amines) is 2. The highest BCUT2D eigenvalue weighted by Crippen LogP contribution is 2.34. The summed E-state index contributed by atoms with van der Waals surface area (Å²) in [6.07, 6.45) is 14.8. The smallest absolute Gasteiger partial charge is 0.290 e. The van der Waals surface area contributed by atoms with E-state index in [4.69, 9.17) is 20.0 Å². The van der Waals surface area contributed by atoms with Crippen LogP contribution in [0.5, 0.6) is 0 Å². The lowest BCUT2D eigenvalue weighted by atomic mass is 9.89. The van der Waals surface area contributed by atoms with Gasteiger partial charge in [-0.05, 0) is 99.1 Å². The number of rotatable bonds is 11. The molecule has 4 saturated heterocycles. The van der Waals surface area contributed by atoms with Gasteiger partial charge in [0, 0.05) is 97.9 Å². The Kier molecular flexibility index (Phi) is 14.7. The number of amides is 4. The van der Waals surface area contributed by atoms with E-state index in [9.17, 15) is 28.8 Å². The van der Waals surface area contributed by atoms with Crippen LogP contribution in [0, 0.1) is 17.1 Å². The molecule has 4 aliphatic rings. The number of carboxylic acid groups (broad SMARTS) is 1. The summed E-state index contributed by atoms with van der Waals surface area (Å²) in [5.74, 6) is 0.387. The van der Waals surface area contributed by atoms with Crippen LogP contribution in [-0.4, -0.2) is 144 Å². The Bertz CT molecular complexity index is 2910. The highest BCUT2D eigenvalue weighted by Gasteiger charge is 2.30. The molecule has 0 saturated carbocycles. The third-order valence-corrected chi connectivity index (χ3v) is 13.9. The van der Waals surface area contributed by atoms with Crippen molar-refractivity contribution in [1.82, 2.24) is 49.4 Å². The van der Waals surface area contributed by atoms with Gasteiger partial charge in [-0.25, -0.2) is 13.9 Å². The summed E-state index contributed by atoms with van der Waals surface area (Å²) in [7, 11) is 0. The largest absolute Gasteiger partial charge is 0.483 e. The highest BCUT2D eigenvalue weighted by atomic mass is 19.1. The lowest BCUT2D eigenvalue weighted by molar-refractivity contribution is -0.135. The number of carbonyl (C=O) groups excluding carboxylic acids is 4. The number of piperidine rings is 3. The fraction of sp³-hybridized carbons (Fsp3) is 0.373. The van der Waals surface area contributed by atoms with Gasteiger partial charge < -0.3 is 25.1 Å². The average Bonchev–Trinajstić information content (AvgIpc) is 4.07. The van der Waals surface area contributed by atoms with E-state index >= 15 is 0 Å². The summed E-state index contributed by atoms with van der Waals surface area (Å²) in [6.45, 7) is 5.51. The van der Waals surface area contributed by atoms with Crippen molar-refractivity contribution in [3.05, 3.63) is 114 Å². The number of fused-ring (bicyclic) bond motifs is 1. The van der Waals surface area contributed by atoms with Crippen LogP contribution < -0.4 is 15.5 Å². The third kappa shape index (κ3) is 11.2. The minimum absolute atomic E-state index is 0.0432. The van der Waals surface area contributed by atoms with Crippen molar-refractivity contribution in [2.45, 2.75) is 62.9 Å². The van der Waals surface area contributed by atoms with Gasteiger partial charge in [0.25, 0.3) is 6.47 Å². The zero-order chi connectivity index (χ0) is 49.4. The van der Waals surface area contributed by atoms with E-state index in [2.05, 4.69) is 61.0 Å². The van der Waals surface area contributed by atoms with Crippen molar-refractivity contribution in [3.63, 3.8) is 0 Å². The molecule has 0 radical (unpaired) electrons. The van der Waals surface area contributed by atoms with Gasteiger partial charge in [0.2, 0.25) is 23.6 Å². The molecule has 4 fully saturated rings. The van der Waals surface area contributed by atoms with Crippen molar-refractivity contribution in [3.8, 4) is 28.3 Å². The van der Waals surface area contributed by atoms with Gasteiger partial charge in [0.1, 0.15) is 23.7 Å². The molecule has 6 aromatic rings. The van der Waals surface area contributed by atoms with Crippen molar-refractivity contribution in [2.24, 2.45) is 0 Å². The Morgan fingerprint density at radius 1 is 0.803 bits per heavy atom. The van der Waals surface area contributed by atoms with Crippen molar-refractivity contribution < 1.29 is 33.5 Å². The molecule has 0 bridgehead atoms. The summed E-state index contributed by atoms with van der Waals surface area (Å²) in [5.41, 5.74) is 7.26. The minimum atomic E-state index is -0.431. The topological polar surface area (TPSA) is 227 Å². The number of aromatic nitrogens is 6. The fourth-order valence-electron chi connectivity index (χ4n) is 9.94. The van der Waals surface area contributed by atoms with Crippen LogP contribution >= 0.6 is 0 Å². The van der Waals surface area contributed by atoms with Crippen molar-refractivity contribution in [2.75, 3.05) is 69.1 Å². The van der Waals surface area contributed by atoms with Gasteiger partial charge in [-0.1, -0.05) is 12.1 Å². The summed E-state index contributed by atoms with van der Waals surface area (Å²) in [6, 6.07) is 19.1. The number of benzene rings is 1. The lowest BCUT2D eigenvalue weighted by Crippen LogP contribution is -2.49. The fourth-order valence-corrected chi connectivity index (χ4v) is 9.94. The number of nitriles is 1. The van der Waals surface area contributed by atoms with Crippen LogP contribution in [0.1, 0.15) is 67.3 Å². The van der Waals surface area contributed by atoms with E-state index in [0.717, 1.165) is 78.7 Å². The maximum atomic E-state index is 13.5. The van der Waals surface area contributed by atoms with Gasteiger partial charge in [0.15, 0.2) is 0 Å². The lowest BCUT2D eigenvalue weighted by Gasteiger charge is -2.36. The van der Waals surface area contributed by atoms with Gasteiger partial charge >= 0.3 is 0 Å².